The predicted molar refractivity (Wildman–Crippen MR) is 110 cm³/mol. The van der Waals surface area contributed by atoms with E-state index in [1.807, 2.05) is 6.07 Å². The zero-order valence-corrected chi connectivity index (χ0v) is 17.0. The van der Waals surface area contributed by atoms with Gasteiger partial charge in [-0.3, -0.25) is 4.79 Å². The van der Waals surface area contributed by atoms with Gasteiger partial charge in [-0.25, -0.2) is 0 Å². The third-order valence-corrected chi connectivity index (χ3v) is 5.16. The molecule has 0 heterocycles. The first-order chi connectivity index (χ1) is 13.2. The molecule has 1 atom stereocenters. The number of hydrogen-bond acceptors (Lipinski definition) is 3. The molecule has 4 heteroatoms. The number of aliphatic hydroxyl groups excluding tert-OH is 1. The number of ether oxygens (including phenoxy) is 1. The molecule has 0 saturated heterocycles. The Kier molecular flexibility index (Phi) is 13.5. The van der Waals surface area contributed by atoms with Crippen molar-refractivity contribution in [3.05, 3.63) is 29.8 Å². The fourth-order valence-electron chi connectivity index (χ4n) is 3.57. The number of carbonyl (C=O) groups is 1. The van der Waals surface area contributed by atoms with Crippen LogP contribution in [0.2, 0.25) is 0 Å². The van der Waals surface area contributed by atoms with Crippen LogP contribution in [0.3, 0.4) is 0 Å². The summed E-state index contributed by atoms with van der Waals surface area (Å²) in [5.41, 5.74) is 0.655. The topological polar surface area (TPSA) is 66.8 Å². The van der Waals surface area contributed by atoms with Gasteiger partial charge in [0.25, 0.3) is 0 Å². The molecule has 1 unspecified atom stereocenters. The number of carboxylic acid groups (broad SMARTS) is 1. The summed E-state index contributed by atoms with van der Waals surface area (Å²) in [5.74, 6) is -0.936. The highest BCUT2D eigenvalue weighted by Gasteiger charge is 2.22. The summed E-state index contributed by atoms with van der Waals surface area (Å²) in [7, 11) is 0. The summed E-state index contributed by atoms with van der Waals surface area (Å²) in [5, 5.41) is 18.6. The molecular weight excluding hydrogens is 340 g/mol. The summed E-state index contributed by atoms with van der Waals surface area (Å²) in [6.07, 6.45) is 15.8. The molecular formula is C23H38O4. The standard InChI is InChI=1S/C23H38O4/c1-2-3-4-5-6-7-8-9-10-11-12-13-17-21(23(25)26)20-16-14-15-18-22(20)27-19-24/h14-16,18,21,24H,2-13,17,19H2,1H3,(H,25,26). The number of aliphatic hydroxyl groups is 1. The first-order valence-corrected chi connectivity index (χ1v) is 10.8. The fourth-order valence-corrected chi connectivity index (χ4v) is 3.57. The van der Waals surface area contributed by atoms with E-state index in [1.54, 1.807) is 18.2 Å². The van der Waals surface area contributed by atoms with E-state index in [2.05, 4.69) is 6.92 Å². The van der Waals surface area contributed by atoms with Gasteiger partial charge in [0.2, 0.25) is 0 Å². The number of rotatable bonds is 17. The van der Waals surface area contributed by atoms with Crippen molar-refractivity contribution in [2.24, 2.45) is 0 Å². The van der Waals surface area contributed by atoms with Crippen molar-refractivity contribution in [3.8, 4) is 5.75 Å². The Hall–Kier alpha value is -1.55. The highest BCUT2D eigenvalue weighted by molar-refractivity contribution is 5.77. The zero-order chi connectivity index (χ0) is 19.7. The second kappa shape index (κ2) is 15.5. The molecule has 0 aromatic heterocycles. The van der Waals surface area contributed by atoms with E-state index in [0.717, 1.165) is 12.8 Å². The molecule has 1 aromatic rings. The molecule has 2 N–H and O–H groups in total. The Balaban J connectivity index is 2.19. The van der Waals surface area contributed by atoms with Crippen molar-refractivity contribution in [2.45, 2.75) is 96.3 Å². The van der Waals surface area contributed by atoms with Gasteiger partial charge in [0.05, 0.1) is 5.92 Å². The maximum absolute atomic E-state index is 11.7. The summed E-state index contributed by atoms with van der Waals surface area (Å²) < 4.78 is 5.17. The molecule has 0 radical (unpaired) electrons. The Morgan fingerprint density at radius 1 is 0.889 bits per heavy atom. The van der Waals surface area contributed by atoms with Crippen LogP contribution in [-0.2, 0) is 4.79 Å². The van der Waals surface area contributed by atoms with E-state index in [0.29, 0.717) is 17.7 Å². The highest BCUT2D eigenvalue weighted by atomic mass is 16.6. The monoisotopic (exact) mass is 378 g/mol. The van der Waals surface area contributed by atoms with Crippen LogP contribution in [0.4, 0.5) is 0 Å². The molecule has 0 aliphatic heterocycles. The van der Waals surface area contributed by atoms with E-state index in [4.69, 9.17) is 9.84 Å². The Morgan fingerprint density at radius 2 is 1.41 bits per heavy atom. The molecule has 0 spiro atoms. The Morgan fingerprint density at radius 3 is 1.93 bits per heavy atom. The average molecular weight is 379 g/mol. The van der Waals surface area contributed by atoms with Crippen LogP contribution < -0.4 is 4.74 Å². The summed E-state index contributed by atoms with van der Waals surface area (Å²) in [4.78, 5) is 11.7. The van der Waals surface area contributed by atoms with Gasteiger partial charge in [-0.1, -0.05) is 102 Å². The minimum Gasteiger partial charge on any atom is -0.481 e. The molecule has 27 heavy (non-hydrogen) atoms. The molecule has 4 nitrogen and oxygen atoms in total. The van der Waals surface area contributed by atoms with Crippen LogP contribution in [-0.4, -0.2) is 23.0 Å². The molecule has 0 fully saturated rings. The maximum Gasteiger partial charge on any atom is 0.311 e. The van der Waals surface area contributed by atoms with Crippen molar-refractivity contribution in [1.29, 1.82) is 0 Å². The van der Waals surface area contributed by atoms with Gasteiger partial charge in [-0.15, -0.1) is 0 Å². The first-order valence-electron chi connectivity index (χ1n) is 10.8. The number of unbranched alkanes of at least 4 members (excludes halogenated alkanes) is 11. The second-order valence-electron chi connectivity index (χ2n) is 7.38. The van der Waals surface area contributed by atoms with Crippen molar-refractivity contribution in [2.75, 3.05) is 6.79 Å². The van der Waals surface area contributed by atoms with Crippen LogP contribution in [0.15, 0.2) is 24.3 Å². The van der Waals surface area contributed by atoms with Gasteiger partial charge >= 0.3 is 5.97 Å². The lowest BCUT2D eigenvalue weighted by Crippen LogP contribution is -2.13. The molecule has 154 valence electrons. The Labute approximate surface area is 164 Å². The highest BCUT2D eigenvalue weighted by Crippen LogP contribution is 2.31. The fraction of sp³-hybridized carbons (Fsp3) is 0.696. The lowest BCUT2D eigenvalue weighted by atomic mass is 9.92. The molecule has 0 aliphatic carbocycles. The third kappa shape index (κ3) is 10.4. The van der Waals surface area contributed by atoms with Gasteiger partial charge in [-0.05, 0) is 12.5 Å². The van der Waals surface area contributed by atoms with Crippen LogP contribution in [0.1, 0.15) is 102 Å². The zero-order valence-electron chi connectivity index (χ0n) is 17.0. The van der Waals surface area contributed by atoms with Crippen molar-refractivity contribution >= 4 is 5.97 Å². The summed E-state index contributed by atoms with van der Waals surface area (Å²) in [6.45, 7) is 1.81. The van der Waals surface area contributed by atoms with Gasteiger partial charge < -0.3 is 14.9 Å². The van der Waals surface area contributed by atoms with Crippen LogP contribution in [0.25, 0.3) is 0 Å². The number of hydrogen-bond donors (Lipinski definition) is 2. The van der Waals surface area contributed by atoms with Crippen LogP contribution >= 0.6 is 0 Å². The Bertz CT molecular complexity index is 501. The predicted octanol–water partition coefficient (Wildman–Crippen LogP) is 6.27. The molecule has 0 aliphatic rings. The summed E-state index contributed by atoms with van der Waals surface area (Å²) >= 11 is 0. The average Bonchev–Trinajstić information content (AvgIpc) is 2.66. The minimum absolute atomic E-state index is 0.443. The van der Waals surface area contributed by atoms with Crippen LogP contribution in [0.5, 0.6) is 5.75 Å². The number of carboxylic acids is 1. The molecule has 1 rings (SSSR count). The lowest BCUT2D eigenvalue weighted by Gasteiger charge is -2.16. The van der Waals surface area contributed by atoms with E-state index >= 15 is 0 Å². The summed E-state index contributed by atoms with van der Waals surface area (Å²) in [6, 6.07) is 7.10. The molecule has 0 amide bonds. The number of aliphatic carboxylic acids is 1. The van der Waals surface area contributed by atoms with E-state index in [1.165, 1.54) is 64.2 Å². The minimum atomic E-state index is -0.827. The smallest absolute Gasteiger partial charge is 0.311 e. The number of para-hydroxylation sites is 1. The first kappa shape index (κ1) is 23.5. The maximum atomic E-state index is 11.7. The van der Waals surface area contributed by atoms with E-state index in [-0.39, 0.29) is 0 Å². The molecule has 0 bridgehead atoms. The van der Waals surface area contributed by atoms with Crippen LogP contribution in [0, 0.1) is 0 Å². The van der Waals surface area contributed by atoms with Gasteiger partial charge in [0.1, 0.15) is 5.75 Å². The molecule has 0 saturated carbocycles. The quantitative estimate of drug-likeness (QED) is 0.247. The molecule has 1 aromatic carbocycles. The third-order valence-electron chi connectivity index (χ3n) is 5.16. The van der Waals surface area contributed by atoms with Crippen molar-refractivity contribution < 1.29 is 19.7 Å². The SMILES string of the molecule is CCCCCCCCCCCCCCC(C(=O)O)c1ccccc1OCO. The second-order valence-corrected chi connectivity index (χ2v) is 7.38. The van der Waals surface area contributed by atoms with Gasteiger partial charge in [0, 0.05) is 5.56 Å². The largest absolute Gasteiger partial charge is 0.481 e. The van der Waals surface area contributed by atoms with E-state index in [9.17, 15) is 9.90 Å². The van der Waals surface area contributed by atoms with Crippen molar-refractivity contribution in [3.63, 3.8) is 0 Å². The van der Waals surface area contributed by atoms with Gasteiger partial charge in [-0.2, -0.15) is 0 Å². The normalized spacial score (nSPS) is 12.1. The number of benzene rings is 1. The van der Waals surface area contributed by atoms with E-state index < -0.39 is 18.7 Å². The van der Waals surface area contributed by atoms with Gasteiger partial charge in [0.15, 0.2) is 6.79 Å². The van der Waals surface area contributed by atoms with Crippen molar-refractivity contribution in [1.82, 2.24) is 0 Å². The lowest BCUT2D eigenvalue weighted by molar-refractivity contribution is -0.139.